The lowest BCUT2D eigenvalue weighted by Gasteiger charge is -1.96. The first-order valence-corrected chi connectivity index (χ1v) is 4.65. The molecule has 0 saturated carbocycles. The van der Waals surface area contributed by atoms with E-state index in [1.807, 2.05) is 0 Å². The predicted molar refractivity (Wildman–Crippen MR) is 60.7 cm³/mol. The topological polar surface area (TPSA) is 63.4 Å². The SMILES string of the molecule is C=C(O)c1ccc([N+](=O)[O-])cc1.CCC. The summed E-state index contributed by atoms with van der Waals surface area (Å²) in [6.07, 6.45) is 1.25. The van der Waals surface area contributed by atoms with Gasteiger partial charge in [-0.15, -0.1) is 0 Å². The maximum atomic E-state index is 10.2. The third-order valence-corrected chi connectivity index (χ3v) is 1.41. The number of nitro benzene ring substituents is 1. The summed E-state index contributed by atoms with van der Waals surface area (Å²) in [6.45, 7) is 7.54. The van der Waals surface area contributed by atoms with Gasteiger partial charge in [-0.1, -0.05) is 26.8 Å². The fraction of sp³-hybridized carbons (Fsp3) is 0.273. The molecular formula is C11H15NO3. The van der Waals surface area contributed by atoms with Gasteiger partial charge in [-0.3, -0.25) is 10.1 Å². The fourth-order valence-electron chi connectivity index (χ4n) is 0.776. The molecule has 0 saturated heterocycles. The zero-order chi connectivity index (χ0) is 11.8. The van der Waals surface area contributed by atoms with Crippen molar-refractivity contribution < 1.29 is 10.0 Å². The zero-order valence-electron chi connectivity index (χ0n) is 8.93. The standard InChI is InChI=1S/C8H7NO3.C3H8/c1-6(10)7-2-4-8(5-3-7)9(11)12;1-3-2/h2-5,10H,1H2;3H2,1-2H3. The number of aliphatic hydroxyl groups excluding tert-OH is 1. The number of nitrogens with zero attached hydrogens (tertiary/aromatic N) is 1. The van der Waals surface area contributed by atoms with E-state index in [1.54, 1.807) is 0 Å². The summed E-state index contributed by atoms with van der Waals surface area (Å²) >= 11 is 0. The highest BCUT2D eigenvalue weighted by Crippen LogP contribution is 2.15. The van der Waals surface area contributed by atoms with E-state index in [0.717, 1.165) is 0 Å². The molecule has 1 rings (SSSR count). The Morgan fingerprint density at radius 3 is 2.07 bits per heavy atom. The number of hydrogen-bond acceptors (Lipinski definition) is 3. The molecular weight excluding hydrogens is 194 g/mol. The first kappa shape index (κ1) is 13.2. The summed E-state index contributed by atoms with van der Waals surface area (Å²) in [6, 6.07) is 5.52. The lowest BCUT2D eigenvalue weighted by atomic mass is 10.2. The monoisotopic (exact) mass is 209 g/mol. The highest BCUT2D eigenvalue weighted by molar-refractivity contribution is 5.57. The van der Waals surface area contributed by atoms with E-state index < -0.39 is 4.92 Å². The van der Waals surface area contributed by atoms with E-state index in [1.165, 1.54) is 30.7 Å². The van der Waals surface area contributed by atoms with Crippen LogP contribution in [0, 0.1) is 10.1 Å². The molecule has 1 aromatic rings. The van der Waals surface area contributed by atoms with Crippen LogP contribution >= 0.6 is 0 Å². The zero-order valence-corrected chi connectivity index (χ0v) is 8.93. The maximum absolute atomic E-state index is 10.2. The number of rotatable bonds is 2. The van der Waals surface area contributed by atoms with E-state index in [0.29, 0.717) is 5.56 Å². The van der Waals surface area contributed by atoms with Crippen LogP contribution in [-0.2, 0) is 0 Å². The summed E-state index contributed by atoms with van der Waals surface area (Å²) in [4.78, 5) is 9.71. The minimum atomic E-state index is -0.496. The first-order chi connectivity index (χ1) is 7.02. The van der Waals surface area contributed by atoms with Gasteiger partial charge in [0.1, 0.15) is 5.76 Å². The van der Waals surface area contributed by atoms with E-state index in [2.05, 4.69) is 20.4 Å². The summed E-state index contributed by atoms with van der Waals surface area (Å²) in [5.74, 6) is -0.0927. The number of benzene rings is 1. The molecule has 4 nitrogen and oxygen atoms in total. The van der Waals surface area contributed by atoms with Gasteiger partial charge in [0.05, 0.1) is 4.92 Å². The molecule has 0 heterocycles. The summed E-state index contributed by atoms with van der Waals surface area (Å²) < 4.78 is 0. The van der Waals surface area contributed by atoms with Gasteiger partial charge in [0.25, 0.3) is 5.69 Å². The molecule has 82 valence electrons. The Morgan fingerprint density at radius 1 is 1.40 bits per heavy atom. The second-order valence-corrected chi connectivity index (χ2v) is 2.96. The summed E-state index contributed by atoms with van der Waals surface area (Å²) in [5, 5.41) is 19.1. The number of aliphatic hydroxyl groups is 1. The van der Waals surface area contributed by atoms with E-state index >= 15 is 0 Å². The average Bonchev–Trinajstić information content (AvgIpc) is 2.19. The molecule has 0 aliphatic heterocycles. The van der Waals surface area contributed by atoms with Crippen molar-refractivity contribution in [1.29, 1.82) is 0 Å². The van der Waals surface area contributed by atoms with Crippen LogP contribution in [0.4, 0.5) is 5.69 Å². The Morgan fingerprint density at radius 2 is 1.80 bits per heavy atom. The van der Waals surface area contributed by atoms with Crippen molar-refractivity contribution in [2.75, 3.05) is 0 Å². The Hall–Kier alpha value is -1.84. The molecule has 0 aromatic heterocycles. The van der Waals surface area contributed by atoms with E-state index in [9.17, 15) is 10.1 Å². The molecule has 1 N–H and O–H groups in total. The highest BCUT2D eigenvalue weighted by Gasteiger charge is 2.04. The third kappa shape index (κ3) is 4.81. The van der Waals surface area contributed by atoms with Crippen LogP contribution in [0.1, 0.15) is 25.8 Å². The van der Waals surface area contributed by atoms with Gasteiger partial charge in [-0.2, -0.15) is 0 Å². The minimum Gasteiger partial charge on any atom is -0.508 e. The Labute approximate surface area is 89.0 Å². The quantitative estimate of drug-likeness (QED) is 0.460. The van der Waals surface area contributed by atoms with E-state index in [4.69, 9.17) is 5.11 Å². The van der Waals surface area contributed by atoms with Crippen molar-refractivity contribution in [3.63, 3.8) is 0 Å². The van der Waals surface area contributed by atoms with Crippen LogP contribution in [-0.4, -0.2) is 10.0 Å². The lowest BCUT2D eigenvalue weighted by Crippen LogP contribution is -1.87. The van der Waals surface area contributed by atoms with Gasteiger partial charge in [0, 0.05) is 17.7 Å². The van der Waals surface area contributed by atoms with Gasteiger partial charge in [-0.05, 0) is 12.1 Å². The number of nitro groups is 1. The second-order valence-electron chi connectivity index (χ2n) is 2.96. The molecule has 0 atom stereocenters. The predicted octanol–water partition coefficient (Wildman–Crippen LogP) is 3.54. The molecule has 0 amide bonds. The van der Waals surface area contributed by atoms with Crippen LogP contribution < -0.4 is 0 Å². The van der Waals surface area contributed by atoms with Crippen LogP contribution in [0.5, 0.6) is 0 Å². The second kappa shape index (κ2) is 6.59. The van der Waals surface area contributed by atoms with Gasteiger partial charge >= 0.3 is 0 Å². The molecule has 0 unspecified atom stereocenters. The van der Waals surface area contributed by atoms with E-state index in [-0.39, 0.29) is 11.4 Å². The van der Waals surface area contributed by atoms with Crippen molar-refractivity contribution in [3.8, 4) is 0 Å². The molecule has 0 spiro atoms. The first-order valence-electron chi connectivity index (χ1n) is 4.65. The molecule has 0 aliphatic rings. The van der Waals surface area contributed by atoms with Crippen LogP contribution in [0.25, 0.3) is 5.76 Å². The molecule has 0 fully saturated rings. The van der Waals surface area contributed by atoms with Crippen LogP contribution in [0.2, 0.25) is 0 Å². The van der Waals surface area contributed by atoms with Crippen molar-refractivity contribution in [2.45, 2.75) is 20.3 Å². The normalized spacial score (nSPS) is 8.67. The molecule has 15 heavy (non-hydrogen) atoms. The minimum absolute atomic E-state index is 0.000000000000000222. The average molecular weight is 209 g/mol. The molecule has 1 aromatic carbocycles. The van der Waals surface area contributed by atoms with Gasteiger partial charge in [0.2, 0.25) is 0 Å². The highest BCUT2D eigenvalue weighted by atomic mass is 16.6. The largest absolute Gasteiger partial charge is 0.508 e. The van der Waals surface area contributed by atoms with Gasteiger partial charge in [-0.25, -0.2) is 0 Å². The van der Waals surface area contributed by atoms with Crippen molar-refractivity contribution >= 4 is 11.4 Å². The molecule has 0 radical (unpaired) electrons. The number of hydrogen-bond donors (Lipinski definition) is 1. The lowest BCUT2D eigenvalue weighted by molar-refractivity contribution is -0.384. The third-order valence-electron chi connectivity index (χ3n) is 1.41. The Bertz CT molecular complexity index is 297. The molecule has 4 heteroatoms. The van der Waals surface area contributed by atoms with Crippen molar-refractivity contribution in [2.24, 2.45) is 0 Å². The Balaban J connectivity index is 0.000000583. The molecule has 0 bridgehead atoms. The van der Waals surface area contributed by atoms with Gasteiger partial charge in [0.15, 0.2) is 0 Å². The fourth-order valence-corrected chi connectivity index (χ4v) is 0.776. The number of non-ortho nitro benzene ring substituents is 1. The maximum Gasteiger partial charge on any atom is 0.269 e. The molecule has 0 aliphatic carbocycles. The summed E-state index contributed by atoms with van der Waals surface area (Å²) in [5.41, 5.74) is 0.487. The summed E-state index contributed by atoms with van der Waals surface area (Å²) in [7, 11) is 0. The van der Waals surface area contributed by atoms with Crippen molar-refractivity contribution in [3.05, 3.63) is 46.5 Å². The van der Waals surface area contributed by atoms with Crippen LogP contribution in [0.3, 0.4) is 0 Å². The van der Waals surface area contributed by atoms with Crippen LogP contribution in [0.15, 0.2) is 30.8 Å². The Kier molecular flexibility index (Phi) is 5.78. The van der Waals surface area contributed by atoms with Crippen molar-refractivity contribution in [1.82, 2.24) is 0 Å². The van der Waals surface area contributed by atoms with Gasteiger partial charge < -0.3 is 5.11 Å². The smallest absolute Gasteiger partial charge is 0.269 e.